The molecule has 0 spiro atoms. The molecule has 2 aromatic heterocycles. The Kier molecular flexibility index (Phi) is 5.71. The van der Waals surface area contributed by atoms with E-state index >= 15 is 0 Å². The third-order valence-corrected chi connectivity index (χ3v) is 3.95. The molecule has 0 fully saturated rings. The monoisotopic (exact) mass is 366 g/mol. The molecule has 0 aliphatic heterocycles. The van der Waals surface area contributed by atoms with Crippen LogP contribution in [0.4, 0.5) is 0 Å². The van der Waals surface area contributed by atoms with E-state index in [0.29, 0.717) is 29.5 Å². The van der Waals surface area contributed by atoms with Crippen molar-refractivity contribution in [1.29, 1.82) is 0 Å². The zero-order chi connectivity index (χ0) is 19.2. The van der Waals surface area contributed by atoms with Gasteiger partial charge >= 0.3 is 0 Å². The summed E-state index contributed by atoms with van der Waals surface area (Å²) in [6.07, 6.45) is 4.28. The minimum Gasteiger partial charge on any atom is -0.493 e. The number of carbonyl (C=O) groups excluding carboxylic acids is 1. The Hall–Kier alpha value is -3.35. The number of imidazole rings is 1. The molecule has 0 bridgehead atoms. The smallest absolute Gasteiger partial charge is 0.290 e. The van der Waals surface area contributed by atoms with Crippen LogP contribution in [-0.4, -0.2) is 35.2 Å². The molecule has 140 valence electrons. The lowest BCUT2D eigenvalue weighted by molar-refractivity contribution is 0.0948. The topological polar surface area (TPSA) is 77.2 Å². The SMILES string of the molecule is CCCOc1ccc(/C=N\NC(=O)c2c(C)nc3ccccn23)cc1OC. The van der Waals surface area contributed by atoms with Gasteiger partial charge in [-0.3, -0.25) is 9.20 Å². The van der Waals surface area contributed by atoms with E-state index in [1.165, 1.54) is 0 Å². The Morgan fingerprint density at radius 1 is 1.30 bits per heavy atom. The van der Waals surface area contributed by atoms with E-state index in [1.54, 1.807) is 36.9 Å². The molecule has 0 aliphatic carbocycles. The normalized spacial score (nSPS) is 11.1. The summed E-state index contributed by atoms with van der Waals surface area (Å²) in [6, 6.07) is 11.1. The van der Waals surface area contributed by atoms with Crippen LogP contribution in [0.5, 0.6) is 11.5 Å². The van der Waals surface area contributed by atoms with E-state index in [4.69, 9.17) is 9.47 Å². The van der Waals surface area contributed by atoms with Gasteiger partial charge in [0.05, 0.1) is 25.6 Å². The Bertz CT molecular complexity index is 979. The fourth-order valence-corrected chi connectivity index (χ4v) is 2.70. The molecule has 27 heavy (non-hydrogen) atoms. The number of benzene rings is 1. The van der Waals surface area contributed by atoms with Gasteiger partial charge in [-0.2, -0.15) is 5.10 Å². The lowest BCUT2D eigenvalue weighted by atomic mass is 10.2. The van der Waals surface area contributed by atoms with Gasteiger partial charge in [-0.1, -0.05) is 13.0 Å². The maximum Gasteiger partial charge on any atom is 0.290 e. The average molecular weight is 366 g/mol. The number of aryl methyl sites for hydroxylation is 1. The first-order valence-corrected chi connectivity index (χ1v) is 8.72. The Labute approximate surface area is 157 Å². The molecule has 7 heteroatoms. The molecule has 1 aromatic carbocycles. The van der Waals surface area contributed by atoms with Crippen molar-refractivity contribution < 1.29 is 14.3 Å². The molecule has 0 aliphatic rings. The van der Waals surface area contributed by atoms with Gasteiger partial charge in [0.15, 0.2) is 11.5 Å². The Morgan fingerprint density at radius 3 is 2.93 bits per heavy atom. The molecule has 1 amide bonds. The van der Waals surface area contributed by atoms with Gasteiger partial charge in [0, 0.05) is 6.20 Å². The van der Waals surface area contributed by atoms with Gasteiger partial charge in [0.1, 0.15) is 11.3 Å². The number of aromatic nitrogens is 2. The standard InChI is InChI=1S/C20H22N4O3/c1-4-11-27-16-9-8-15(12-17(16)26-3)13-21-23-20(25)19-14(2)22-18-7-5-6-10-24(18)19/h5-10,12-13H,4,11H2,1-3H3,(H,23,25)/b21-13-. The molecular weight excluding hydrogens is 344 g/mol. The minimum absolute atomic E-state index is 0.322. The summed E-state index contributed by atoms with van der Waals surface area (Å²) in [4.78, 5) is 16.9. The second-order valence-corrected chi connectivity index (χ2v) is 5.93. The van der Waals surface area contributed by atoms with E-state index in [0.717, 1.165) is 17.6 Å². The van der Waals surface area contributed by atoms with Crippen molar-refractivity contribution >= 4 is 17.8 Å². The summed E-state index contributed by atoms with van der Waals surface area (Å²) in [5.41, 5.74) is 5.16. The molecule has 7 nitrogen and oxygen atoms in total. The van der Waals surface area contributed by atoms with Gasteiger partial charge in [-0.15, -0.1) is 0 Å². The summed E-state index contributed by atoms with van der Waals surface area (Å²) in [5.74, 6) is 0.982. The van der Waals surface area contributed by atoms with Crippen LogP contribution in [0.25, 0.3) is 5.65 Å². The van der Waals surface area contributed by atoms with E-state index in [9.17, 15) is 4.79 Å². The van der Waals surface area contributed by atoms with Crippen molar-refractivity contribution in [2.75, 3.05) is 13.7 Å². The highest BCUT2D eigenvalue weighted by molar-refractivity contribution is 5.95. The third kappa shape index (κ3) is 4.08. The van der Waals surface area contributed by atoms with Gasteiger partial charge in [-0.05, 0) is 49.2 Å². The summed E-state index contributed by atoms with van der Waals surface area (Å²) in [7, 11) is 1.59. The van der Waals surface area contributed by atoms with Crippen LogP contribution in [0.15, 0.2) is 47.7 Å². The lowest BCUT2D eigenvalue weighted by Gasteiger charge is -2.10. The van der Waals surface area contributed by atoms with Crippen molar-refractivity contribution in [3.63, 3.8) is 0 Å². The van der Waals surface area contributed by atoms with E-state index in [2.05, 4.69) is 15.5 Å². The quantitative estimate of drug-likeness (QED) is 0.514. The predicted octanol–water partition coefficient (Wildman–Crippen LogP) is 3.20. The average Bonchev–Trinajstić information content (AvgIpc) is 3.02. The first-order valence-electron chi connectivity index (χ1n) is 8.72. The number of fused-ring (bicyclic) bond motifs is 1. The fraction of sp³-hybridized carbons (Fsp3) is 0.250. The number of amides is 1. The van der Waals surface area contributed by atoms with Crippen LogP contribution in [-0.2, 0) is 0 Å². The number of carbonyl (C=O) groups is 1. The van der Waals surface area contributed by atoms with Crippen LogP contribution >= 0.6 is 0 Å². The number of ether oxygens (including phenoxy) is 2. The minimum atomic E-state index is -0.322. The molecule has 0 radical (unpaired) electrons. The van der Waals surface area contributed by atoms with Gasteiger partial charge in [0.2, 0.25) is 0 Å². The van der Waals surface area contributed by atoms with Crippen molar-refractivity contribution in [3.8, 4) is 11.5 Å². The van der Waals surface area contributed by atoms with Crippen LogP contribution in [0.2, 0.25) is 0 Å². The van der Waals surface area contributed by atoms with E-state index in [1.807, 2.05) is 37.3 Å². The molecule has 0 atom stereocenters. The molecule has 0 saturated heterocycles. The highest BCUT2D eigenvalue weighted by Crippen LogP contribution is 2.27. The molecular formula is C20H22N4O3. The number of hydrazone groups is 1. The predicted molar refractivity (Wildman–Crippen MR) is 104 cm³/mol. The molecule has 3 aromatic rings. The number of pyridine rings is 1. The zero-order valence-corrected chi connectivity index (χ0v) is 15.6. The van der Waals surface area contributed by atoms with Crippen LogP contribution in [0.1, 0.15) is 35.1 Å². The number of hydrogen-bond donors (Lipinski definition) is 1. The van der Waals surface area contributed by atoms with E-state index in [-0.39, 0.29) is 5.91 Å². The number of rotatable bonds is 7. The Morgan fingerprint density at radius 2 is 2.15 bits per heavy atom. The van der Waals surface area contributed by atoms with E-state index < -0.39 is 0 Å². The van der Waals surface area contributed by atoms with Crippen molar-refractivity contribution in [3.05, 3.63) is 59.5 Å². The summed E-state index contributed by atoms with van der Waals surface area (Å²) >= 11 is 0. The number of methoxy groups -OCH3 is 1. The fourth-order valence-electron chi connectivity index (χ4n) is 2.70. The molecule has 0 saturated carbocycles. The summed E-state index contributed by atoms with van der Waals surface area (Å²) in [5, 5.41) is 4.05. The van der Waals surface area contributed by atoms with Crippen LogP contribution in [0.3, 0.4) is 0 Å². The van der Waals surface area contributed by atoms with Crippen molar-refractivity contribution in [2.24, 2.45) is 5.10 Å². The second kappa shape index (κ2) is 8.35. The van der Waals surface area contributed by atoms with Gasteiger partial charge in [0.25, 0.3) is 5.91 Å². The first-order chi connectivity index (χ1) is 13.1. The van der Waals surface area contributed by atoms with Crippen LogP contribution < -0.4 is 14.9 Å². The van der Waals surface area contributed by atoms with Crippen molar-refractivity contribution in [2.45, 2.75) is 20.3 Å². The van der Waals surface area contributed by atoms with Crippen LogP contribution in [0, 0.1) is 6.92 Å². The maximum atomic E-state index is 12.5. The zero-order valence-electron chi connectivity index (χ0n) is 15.6. The first kappa shape index (κ1) is 18.4. The number of nitrogens with zero attached hydrogens (tertiary/aromatic N) is 3. The summed E-state index contributed by atoms with van der Waals surface area (Å²) in [6.45, 7) is 4.46. The van der Waals surface area contributed by atoms with Gasteiger partial charge in [-0.25, -0.2) is 10.4 Å². The van der Waals surface area contributed by atoms with Crippen molar-refractivity contribution in [1.82, 2.24) is 14.8 Å². The maximum absolute atomic E-state index is 12.5. The largest absolute Gasteiger partial charge is 0.493 e. The molecule has 0 unspecified atom stereocenters. The molecule has 1 N–H and O–H groups in total. The number of hydrogen-bond acceptors (Lipinski definition) is 5. The number of nitrogens with one attached hydrogen (secondary N) is 1. The highest BCUT2D eigenvalue weighted by Gasteiger charge is 2.15. The molecule has 2 heterocycles. The highest BCUT2D eigenvalue weighted by atomic mass is 16.5. The Balaban J connectivity index is 1.73. The second-order valence-electron chi connectivity index (χ2n) is 5.93. The summed E-state index contributed by atoms with van der Waals surface area (Å²) < 4.78 is 12.7. The third-order valence-electron chi connectivity index (χ3n) is 3.95. The molecule has 3 rings (SSSR count). The van der Waals surface area contributed by atoms with Gasteiger partial charge < -0.3 is 9.47 Å². The lowest BCUT2D eigenvalue weighted by Crippen LogP contribution is -2.20.